The number of rotatable bonds is 8. The number of para-hydroxylation sites is 2. The molecule has 0 atom stereocenters. The summed E-state index contributed by atoms with van der Waals surface area (Å²) in [6, 6.07) is 59.7. The maximum atomic E-state index is 2.65. The van der Waals surface area contributed by atoms with E-state index in [1.807, 2.05) is 0 Å². The maximum Gasteiger partial charge on any atom is 0.0579 e. The Labute approximate surface area is 353 Å². The SMILES string of the molecule is Cc1ccc(N(c2ccccc2)c2ccc3cc4c(cc3c2)C([Si](C)(C)C)([Si](C)(C)C)c2cc(N(c3ccccc3)c3ccc(C)cc3C)c3ccccc3c2-4)c(C)c1. The van der Waals surface area contributed by atoms with Crippen molar-refractivity contribution in [3.63, 3.8) is 0 Å². The van der Waals surface area contributed by atoms with Gasteiger partial charge in [0.15, 0.2) is 0 Å². The lowest BCUT2D eigenvalue weighted by Gasteiger charge is -2.51. The van der Waals surface area contributed by atoms with Gasteiger partial charge in [0.25, 0.3) is 0 Å². The van der Waals surface area contributed by atoms with Crippen molar-refractivity contribution in [1.29, 1.82) is 0 Å². The molecular weight excluding hydrogens is 745 g/mol. The lowest BCUT2D eigenvalue weighted by atomic mass is 9.94. The zero-order valence-electron chi connectivity index (χ0n) is 36.4. The van der Waals surface area contributed by atoms with E-state index in [2.05, 4.69) is 235 Å². The molecule has 0 saturated heterocycles. The highest BCUT2D eigenvalue weighted by Gasteiger charge is 2.59. The van der Waals surface area contributed by atoms with Crippen molar-refractivity contribution in [2.24, 2.45) is 0 Å². The van der Waals surface area contributed by atoms with Gasteiger partial charge in [-0.15, -0.1) is 0 Å². The largest absolute Gasteiger partial charge is 0.310 e. The summed E-state index contributed by atoms with van der Waals surface area (Å²) < 4.78 is -0.0645. The van der Waals surface area contributed by atoms with Crippen molar-refractivity contribution in [3.8, 4) is 11.1 Å². The van der Waals surface area contributed by atoms with Gasteiger partial charge in [0.1, 0.15) is 0 Å². The van der Waals surface area contributed by atoms with Crippen LogP contribution in [0.25, 0.3) is 32.7 Å². The van der Waals surface area contributed by atoms with Crippen LogP contribution in [0.4, 0.5) is 34.1 Å². The van der Waals surface area contributed by atoms with Crippen molar-refractivity contribution in [2.45, 2.75) is 71.6 Å². The smallest absolute Gasteiger partial charge is 0.0579 e. The van der Waals surface area contributed by atoms with Crippen molar-refractivity contribution >= 4 is 71.8 Å². The van der Waals surface area contributed by atoms with E-state index in [0.29, 0.717) is 0 Å². The van der Waals surface area contributed by atoms with Gasteiger partial charge in [-0.2, -0.15) is 0 Å². The van der Waals surface area contributed by atoms with Crippen molar-refractivity contribution in [1.82, 2.24) is 0 Å². The summed E-state index contributed by atoms with van der Waals surface area (Å²) in [7, 11) is -4.08. The van der Waals surface area contributed by atoms with E-state index < -0.39 is 16.1 Å². The average molecular weight is 801 g/mol. The summed E-state index contributed by atoms with van der Waals surface area (Å²) in [5.74, 6) is 0. The van der Waals surface area contributed by atoms with Gasteiger partial charge < -0.3 is 9.80 Å². The van der Waals surface area contributed by atoms with Crippen LogP contribution in [0.1, 0.15) is 33.4 Å². The number of fused-ring (bicyclic) bond motifs is 6. The molecule has 0 fully saturated rings. The quantitative estimate of drug-likeness (QED) is 0.141. The first-order chi connectivity index (χ1) is 28.2. The second-order valence-corrected chi connectivity index (χ2v) is 30.0. The first kappa shape index (κ1) is 38.8. The molecule has 1 aliphatic carbocycles. The predicted octanol–water partition coefficient (Wildman–Crippen LogP) is 16.2. The molecular formula is C55H56N2Si2. The third-order valence-corrected chi connectivity index (χ3v) is 23.1. The molecule has 0 amide bonds. The van der Waals surface area contributed by atoms with Gasteiger partial charge in [-0.25, -0.2) is 0 Å². The second kappa shape index (κ2) is 14.3. The Hall–Kier alpha value is -5.69. The summed E-state index contributed by atoms with van der Waals surface area (Å²) in [6.45, 7) is 24.7. The fourth-order valence-corrected chi connectivity index (χ4v) is 24.1. The number of nitrogens with zero attached hydrogens (tertiary/aromatic N) is 2. The summed E-state index contributed by atoms with van der Waals surface area (Å²) in [4.78, 5) is 4.97. The number of hydrogen-bond acceptors (Lipinski definition) is 2. The van der Waals surface area contributed by atoms with Crippen LogP contribution >= 0.6 is 0 Å². The normalized spacial score (nSPS) is 13.4. The minimum absolute atomic E-state index is 0.0645. The van der Waals surface area contributed by atoms with E-state index in [4.69, 9.17) is 0 Å². The van der Waals surface area contributed by atoms with Gasteiger partial charge >= 0.3 is 0 Å². The molecule has 0 N–H and O–H groups in total. The van der Waals surface area contributed by atoms with E-state index in [-0.39, 0.29) is 4.66 Å². The molecule has 2 nitrogen and oxygen atoms in total. The molecule has 0 aromatic heterocycles. The Kier molecular flexibility index (Phi) is 9.37. The Balaban J connectivity index is 1.35. The van der Waals surface area contributed by atoms with E-state index in [1.54, 1.807) is 0 Å². The molecule has 294 valence electrons. The van der Waals surface area contributed by atoms with Crippen molar-refractivity contribution in [2.75, 3.05) is 9.80 Å². The molecule has 0 radical (unpaired) electrons. The minimum Gasteiger partial charge on any atom is -0.310 e. The van der Waals surface area contributed by atoms with E-state index >= 15 is 0 Å². The average Bonchev–Trinajstić information content (AvgIpc) is 3.50. The van der Waals surface area contributed by atoms with Crippen molar-refractivity contribution < 1.29 is 0 Å². The molecule has 59 heavy (non-hydrogen) atoms. The Morgan fingerprint density at radius 2 is 0.915 bits per heavy atom. The van der Waals surface area contributed by atoms with Crippen LogP contribution in [0.5, 0.6) is 0 Å². The molecule has 1 aliphatic rings. The highest BCUT2D eigenvalue weighted by Crippen LogP contribution is 2.62. The van der Waals surface area contributed by atoms with Crippen LogP contribution < -0.4 is 9.80 Å². The molecule has 8 aromatic carbocycles. The molecule has 0 saturated carbocycles. The van der Waals surface area contributed by atoms with E-state index in [9.17, 15) is 0 Å². The molecule has 0 unspecified atom stereocenters. The van der Waals surface area contributed by atoms with E-state index in [0.717, 1.165) is 5.69 Å². The topological polar surface area (TPSA) is 6.48 Å². The molecule has 0 spiro atoms. The van der Waals surface area contributed by atoms with Crippen LogP contribution in [-0.4, -0.2) is 16.1 Å². The van der Waals surface area contributed by atoms with Crippen molar-refractivity contribution in [3.05, 3.63) is 191 Å². The number of anilines is 6. The van der Waals surface area contributed by atoms with Crippen LogP contribution in [0.3, 0.4) is 0 Å². The molecule has 9 rings (SSSR count). The Morgan fingerprint density at radius 3 is 1.47 bits per heavy atom. The molecule has 0 bridgehead atoms. The predicted molar refractivity (Wildman–Crippen MR) is 263 cm³/mol. The summed E-state index contributed by atoms with van der Waals surface area (Å²) in [5.41, 5.74) is 18.2. The van der Waals surface area contributed by atoms with Crippen LogP contribution in [0, 0.1) is 27.7 Å². The third kappa shape index (κ3) is 6.19. The minimum atomic E-state index is -2.04. The molecule has 8 aromatic rings. The zero-order chi connectivity index (χ0) is 41.4. The monoisotopic (exact) mass is 800 g/mol. The third-order valence-electron chi connectivity index (χ3n) is 13.0. The fraction of sp³-hybridized carbons (Fsp3) is 0.200. The Morgan fingerprint density at radius 1 is 0.390 bits per heavy atom. The van der Waals surface area contributed by atoms with Gasteiger partial charge in [0.2, 0.25) is 0 Å². The fourth-order valence-electron chi connectivity index (χ4n) is 11.1. The Bertz CT molecular complexity index is 2890. The van der Waals surface area contributed by atoms with Gasteiger partial charge in [0, 0.05) is 38.5 Å². The van der Waals surface area contributed by atoms with Crippen LogP contribution in [0.2, 0.25) is 39.3 Å². The van der Waals surface area contributed by atoms with Crippen LogP contribution in [0.15, 0.2) is 158 Å². The summed E-state index contributed by atoms with van der Waals surface area (Å²) in [6.07, 6.45) is 0. The second-order valence-electron chi connectivity index (χ2n) is 19.0. The molecule has 4 heteroatoms. The number of hydrogen-bond donors (Lipinski definition) is 0. The van der Waals surface area contributed by atoms with Gasteiger partial charge in [0.05, 0.1) is 21.8 Å². The van der Waals surface area contributed by atoms with E-state index in [1.165, 1.54) is 94.5 Å². The summed E-state index contributed by atoms with van der Waals surface area (Å²) in [5, 5.41) is 5.20. The molecule has 0 heterocycles. The van der Waals surface area contributed by atoms with Gasteiger partial charge in [-0.3, -0.25) is 0 Å². The lowest BCUT2D eigenvalue weighted by Crippen LogP contribution is -2.63. The number of aryl methyl sites for hydroxylation is 4. The lowest BCUT2D eigenvalue weighted by molar-refractivity contribution is 0.954. The molecule has 0 aliphatic heterocycles. The number of benzene rings is 8. The van der Waals surface area contributed by atoms with Gasteiger partial charge in [-0.1, -0.05) is 147 Å². The first-order valence-corrected chi connectivity index (χ1v) is 28.2. The van der Waals surface area contributed by atoms with Gasteiger partial charge in [-0.05, 0) is 138 Å². The zero-order valence-corrected chi connectivity index (χ0v) is 38.4. The van der Waals surface area contributed by atoms with Crippen LogP contribution in [-0.2, 0) is 4.66 Å². The first-order valence-electron chi connectivity index (χ1n) is 21.2. The highest BCUT2D eigenvalue weighted by molar-refractivity contribution is 6.99. The maximum absolute atomic E-state index is 2.65. The summed E-state index contributed by atoms with van der Waals surface area (Å²) >= 11 is 0. The standard InChI is InChI=1S/C55H56N2Si2/c1-37-25-29-51(39(3)31-37)56(43-19-13-11-14-20-43)45-28-27-41-34-48-49(35-42(41)33-45)55(58(5,6)7,59(8,9)10)50-36-53(46-23-17-18-24-47(46)54(48)50)57(44-21-15-12-16-22-44)52-30-26-38(2)32-40(52)4/h11-36H,1-10H3. The highest BCUT2D eigenvalue weighted by atomic mass is 28.4.